The maximum absolute atomic E-state index is 13.7. The fourth-order valence-electron chi connectivity index (χ4n) is 16.2. The van der Waals surface area contributed by atoms with Crippen LogP contribution in [0.1, 0.15) is 180 Å². The number of anilines is 2. The topological polar surface area (TPSA) is 306 Å². The molecule has 0 aromatic heterocycles. The van der Waals surface area contributed by atoms with E-state index in [0.717, 1.165) is 138 Å². The number of unbranched alkanes of at least 4 members (excludes halogenated alkanes) is 4. The van der Waals surface area contributed by atoms with E-state index in [0.29, 0.717) is 76.2 Å². The molecule has 598 valence electrons. The average molecular weight is 1680 g/mol. The molecule has 0 fully saturated rings. The van der Waals surface area contributed by atoms with Gasteiger partial charge in [0.1, 0.15) is 13.1 Å². The van der Waals surface area contributed by atoms with E-state index in [1.54, 1.807) is 23.5 Å². The van der Waals surface area contributed by atoms with Gasteiger partial charge in [0.05, 0.1) is 49.1 Å². The summed E-state index contributed by atoms with van der Waals surface area (Å²) in [7, 11) is -17.0. The van der Waals surface area contributed by atoms with Crippen molar-refractivity contribution in [3.63, 3.8) is 0 Å². The molecule has 0 unspecified atom stereocenters. The minimum Gasteiger partial charge on any atom is -0.748 e. The van der Waals surface area contributed by atoms with Crippen LogP contribution < -0.4 is 79.7 Å². The number of para-hydroxylation sites is 4. The van der Waals surface area contributed by atoms with Crippen molar-refractivity contribution in [3.05, 3.63) is 211 Å². The number of fused-ring (bicyclic) bond motifs is 4. The number of hydrogen-bond acceptors (Lipinski definition) is 17. The molecule has 113 heavy (non-hydrogen) atoms. The van der Waals surface area contributed by atoms with Gasteiger partial charge in [-0.25, -0.2) is 22.3 Å². The molecule has 29 heteroatoms. The van der Waals surface area contributed by atoms with Crippen molar-refractivity contribution in [2.24, 2.45) is 5.10 Å². The summed E-state index contributed by atoms with van der Waals surface area (Å²) in [6.45, 7) is 19.6. The molecule has 4 aliphatic heterocycles. The summed E-state index contributed by atoms with van der Waals surface area (Å²) >= 11 is 3.21. The first-order valence-corrected chi connectivity index (χ1v) is 46.8. The molecule has 0 saturated carbocycles. The van der Waals surface area contributed by atoms with E-state index in [1.165, 1.54) is 6.21 Å². The van der Waals surface area contributed by atoms with Gasteiger partial charge in [-0.3, -0.25) is 18.7 Å². The Hall–Kier alpha value is -5.31. The molecule has 21 nitrogen and oxygen atoms in total. The van der Waals surface area contributed by atoms with Crippen LogP contribution in [0.5, 0.6) is 0 Å². The summed E-state index contributed by atoms with van der Waals surface area (Å²) in [6.07, 6.45) is 27.1. The van der Waals surface area contributed by atoms with E-state index in [2.05, 4.69) is 187 Å². The number of hydrogen-bond donors (Lipinski definition) is 4. The molecule has 0 atom stereocenters. The second-order valence-corrected chi connectivity index (χ2v) is 39.7. The number of carbonyl (C=O) groups is 2. The van der Waals surface area contributed by atoms with E-state index in [9.17, 15) is 61.5 Å². The van der Waals surface area contributed by atoms with Crippen LogP contribution in [0, 0.1) is 0 Å². The van der Waals surface area contributed by atoms with Gasteiger partial charge in [-0.05, 0) is 162 Å². The Morgan fingerprint density at radius 2 is 0.867 bits per heavy atom. The van der Waals surface area contributed by atoms with Crippen LogP contribution in [-0.2, 0) is 71.7 Å². The summed E-state index contributed by atoms with van der Waals surface area (Å²) in [5.74, 6) is -1.17. The number of allylic oxidation sites excluding steroid dienone is 14. The largest absolute Gasteiger partial charge is 1.00 e. The van der Waals surface area contributed by atoms with E-state index < -0.39 is 73.6 Å². The van der Waals surface area contributed by atoms with Gasteiger partial charge in [0.2, 0.25) is 23.2 Å². The van der Waals surface area contributed by atoms with Gasteiger partial charge in [-0.1, -0.05) is 125 Å². The van der Waals surface area contributed by atoms with Crippen LogP contribution >= 0.6 is 23.5 Å². The van der Waals surface area contributed by atoms with Gasteiger partial charge < -0.3 is 24.2 Å². The first-order chi connectivity index (χ1) is 52.5. The third kappa shape index (κ3) is 24.4. The maximum atomic E-state index is 13.7. The Labute approximate surface area is 723 Å². The van der Waals surface area contributed by atoms with Gasteiger partial charge in [0.25, 0.3) is 20.2 Å². The van der Waals surface area contributed by atoms with E-state index in [-0.39, 0.29) is 115 Å². The Bertz CT molecular complexity index is 5030. The van der Waals surface area contributed by atoms with Crippen molar-refractivity contribution in [2.75, 3.05) is 77.0 Å². The number of nitrogens with zero attached hydrogens (tertiary/aromatic N) is 5. The number of hydrazone groups is 1. The molecule has 4 heterocycles. The monoisotopic (exact) mass is 1680 g/mol. The normalized spacial score (nSPS) is 19.3. The van der Waals surface area contributed by atoms with Gasteiger partial charge in [0.15, 0.2) is 11.4 Å². The van der Waals surface area contributed by atoms with Gasteiger partial charge in [-0.15, -0.1) is 23.5 Å². The van der Waals surface area contributed by atoms with Crippen molar-refractivity contribution in [1.29, 1.82) is 0 Å². The second-order valence-electron chi connectivity index (χ2n) is 31.3. The van der Waals surface area contributed by atoms with E-state index >= 15 is 0 Å². The second kappa shape index (κ2) is 40.4. The van der Waals surface area contributed by atoms with E-state index in [4.69, 9.17) is 0 Å². The maximum Gasteiger partial charge on any atom is 1.00 e. The number of benzene rings is 4. The van der Waals surface area contributed by atoms with Crippen molar-refractivity contribution in [2.45, 2.75) is 180 Å². The molecule has 0 bridgehead atoms. The number of amides is 2. The Morgan fingerprint density at radius 1 is 0.487 bits per heavy atom. The van der Waals surface area contributed by atoms with Crippen LogP contribution in [0.25, 0.3) is 0 Å². The zero-order valence-corrected chi connectivity index (χ0v) is 75.9. The molecule has 4 aromatic carbocycles. The molecule has 4 aromatic rings. The predicted molar refractivity (Wildman–Crippen MR) is 447 cm³/mol. The summed E-state index contributed by atoms with van der Waals surface area (Å²) < 4.78 is 140. The molecular weight excluding hydrogens is 1570 g/mol. The first-order valence-electron chi connectivity index (χ1n) is 38.5. The minimum atomic E-state index is -4.37. The third-order valence-corrected chi connectivity index (χ3v) is 27.5. The Balaban J connectivity index is 0.00000800. The van der Waals surface area contributed by atoms with Crippen LogP contribution in [0.2, 0.25) is 0 Å². The number of nitrogens with one attached hydrogen (secondary N) is 2. The standard InChI is InChI=1S/C84H107N7O14S6.2Na/c1-81(2)65-31-9-13-35-69(65)88(51-17-21-57-108(94,95)96)73(81)43-39-61-27-25-28-62(40-44-74-82(3,4)66-32-10-14-36-70(66)89(74)52-18-22-58-109(97,98)99)79(61)106-55-47-77(92)85-49-50-86-87-78(93)48-56-107-80-63(41-45-75-83(5,6)67-33-11-15-37-71(67)90(75)53-19-23-59-110(100,101)102)29-26-30-64(80)42-46-76-84(7,8)68-34-12-16-38-72(68)91(76)54-20-24-60-111(103,104)105;;/h9-16,31-46,50H,17-30,47-49,51-60H2,1-8H3,(H4-2,85,87,92,93,94,95,96,97,98,99,100,101,102,103,104,105);;/q;2*+1/b86-50-;;. The predicted octanol–water partition coefficient (Wildman–Crippen LogP) is 8.80. The van der Waals surface area contributed by atoms with Crippen molar-refractivity contribution in [1.82, 2.24) is 10.7 Å². The van der Waals surface area contributed by atoms with Crippen molar-refractivity contribution >= 4 is 116 Å². The Kier molecular flexibility index (Phi) is 33.3. The zero-order chi connectivity index (χ0) is 80.2. The summed E-state index contributed by atoms with van der Waals surface area (Å²) in [5, 5.41) is 7.18. The van der Waals surface area contributed by atoms with Gasteiger partial charge >= 0.3 is 59.1 Å². The van der Waals surface area contributed by atoms with Crippen LogP contribution in [0.3, 0.4) is 0 Å². The van der Waals surface area contributed by atoms with Crippen LogP contribution in [0.15, 0.2) is 194 Å². The molecule has 2 aliphatic carbocycles. The number of carbonyl (C=O) groups excluding carboxylic acids is 2. The molecule has 0 radical (unpaired) electrons. The van der Waals surface area contributed by atoms with Crippen molar-refractivity contribution < 1.29 is 130 Å². The van der Waals surface area contributed by atoms with Gasteiger partial charge in [0, 0.05) is 147 Å². The quantitative estimate of drug-likeness (QED) is 0.00818. The molecule has 0 spiro atoms. The smallest absolute Gasteiger partial charge is 0.748 e. The van der Waals surface area contributed by atoms with Crippen LogP contribution in [-0.4, -0.2) is 158 Å². The fraction of sp³-hybridized carbons (Fsp3) is 0.464. The minimum absolute atomic E-state index is 0. The van der Waals surface area contributed by atoms with Gasteiger partial charge in [-0.2, -0.15) is 31.1 Å². The third-order valence-electron chi connectivity index (χ3n) is 21.9. The van der Waals surface area contributed by atoms with E-state index in [1.807, 2.05) is 48.5 Å². The summed E-state index contributed by atoms with van der Waals surface area (Å²) in [4.78, 5) is 34.0. The molecule has 0 saturated heterocycles. The van der Waals surface area contributed by atoms with Crippen molar-refractivity contribution in [3.8, 4) is 0 Å². The molecular formula is C84H107N7Na2O14S6+2. The molecule has 2 amide bonds. The molecule has 6 aliphatic rings. The average Bonchev–Trinajstić information content (AvgIpc) is 1.62. The first kappa shape index (κ1) is 93.2. The molecule has 4 N–H and O–H groups in total. The fourth-order valence-corrected chi connectivity index (χ4v) is 20.9. The Morgan fingerprint density at radius 3 is 1.29 bits per heavy atom. The summed E-state index contributed by atoms with van der Waals surface area (Å²) in [6, 6.07) is 32.8. The SMILES string of the molecule is CC1(C)C(=CC=C2CCCC(C=CC3=[N+](CCCCS(=O)(=O)[O-])c4ccccc4C3(C)C)=C2SCCC(=O)N/N=C\CNC(=O)CCSC2=C(C=CC3=[N+](CCCCS(=O)(=O)O)c4ccccc4C3(C)C)CCCC2=CC=C2N(CCCCS(=O)(=O)O)c3ccccc3C2(C)C)N(CCCCS(=O)(=O)[O-])c2ccccc21.[Na+].[Na+]. The molecule has 10 rings (SSSR count). The van der Waals surface area contributed by atoms with Crippen LogP contribution in [0.4, 0.5) is 22.7 Å². The number of thioether (sulfide) groups is 2. The zero-order valence-electron chi connectivity index (χ0n) is 67.0. The summed E-state index contributed by atoms with van der Waals surface area (Å²) in [5.41, 5.74) is 18.3. The number of rotatable bonds is 37.